The third-order valence-corrected chi connectivity index (χ3v) is 6.82. The molecule has 0 unspecified atom stereocenters. The van der Waals surface area contributed by atoms with E-state index in [-0.39, 0.29) is 24.6 Å². The molecule has 2 aromatic carbocycles. The lowest BCUT2D eigenvalue weighted by molar-refractivity contribution is -0.119. The van der Waals surface area contributed by atoms with Gasteiger partial charge in [-0.25, -0.2) is 0 Å². The lowest BCUT2D eigenvalue weighted by Crippen LogP contribution is -2.30. The molecule has 2 aromatic heterocycles. The molecule has 1 aliphatic rings. The standard InChI is InChI=1S/C29H29N5O3S/c1-19-9-11-20(12-10-19)33-16-6-8-24(33)28-27(22-7-4-5-15-30-22)32-29(38)34(28)21-13-14-25(37-3)23(17-21)31-26(35)18-36-2/h4-17,27-28H,18H2,1-3H3,(H,31,35)(H,32,38)/t27-,28+/m1/s1. The van der Waals surface area contributed by atoms with Gasteiger partial charge in [0, 0.05) is 36.6 Å². The van der Waals surface area contributed by atoms with Crippen LogP contribution in [0, 0.1) is 6.92 Å². The molecule has 9 heteroatoms. The zero-order chi connectivity index (χ0) is 26.6. The SMILES string of the molecule is COCC(=O)Nc1cc(N2C(=S)N[C@H](c3ccccn3)[C@@H]2c2cccn2-c2ccc(C)cc2)ccc1OC. The number of amides is 1. The molecule has 0 spiro atoms. The number of anilines is 2. The number of carbonyl (C=O) groups excluding carboxylic acids is 1. The fraction of sp³-hybridized carbons (Fsp3) is 0.207. The van der Waals surface area contributed by atoms with Crippen molar-refractivity contribution in [3.8, 4) is 11.4 Å². The van der Waals surface area contributed by atoms with Crippen LogP contribution in [0.25, 0.3) is 5.69 Å². The van der Waals surface area contributed by atoms with Gasteiger partial charge in [-0.15, -0.1) is 0 Å². The summed E-state index contributed by atoms with van der Waals surface area (Å²) in [6.45, 7) is 2.01. The lowest BCUT2D eigenvalue weighted by atomic mass is 10.0. The molecule has 4 aromatic rings. The predicted molar refractivity (Wildman–Crippen MR) is 152 cm³/mol. The lowest BCUT2D eigenvalue weighted by Gasteiger charge is -2.29. The second-order valence-electron chi connectivity index (χ2n) is 9.00. The number of rotatable bonds is 8. The van der Waals surface area contributed by atoms with Crippen molar-refractivity contribution in [2.45, 2.75) is 19.0 Å². The van der Waals surface area contributed by atoms with E-state index in [2.05, 4.69) is 68.5 Å². The third-order valence-electron chi connectivity index (χ3n) is 6.50. The number of nitrogens with one attached hydrogen (secondary N) is 2. The average Bonchev–Trinajstić information content (AvgIpc) is 3.54. The van der Waals surface area contributed by atoms with E-state index >= 15 is 0 Å². The summed E-state index contributed by atoms with van der Waals surface area (Å²) in [4.78, 5) is 19.1. The summed E-state index contributed by atoms with van der Waals surface area (Å²) < 4.78 is 12.7. The highest BCUT2D eigenvalue weighted by Crippen LogP contribution is 2.43. The Labute approximate surface area is 227 Å². The molecule has 2 atom stereocenters. The van der Waals surface area contributed by atoms with Gasteiger partial charge in [0.15, 0.2) is 5.11 Å². The van der Waals surface area contributed by atoms with Crippen LogP contribution in [0.3, 0.4) is 0 Å². The minimum Gasteiger partial charge on any atom is -0.495 e. The minimum absolute atomic E-state index is 0.0640. The van der Waals surface area contributed by atoms with Crippen LogP contribution in [-0.2, 0) is 9.53 Å². The largest absolute Gasteiger partial charge is 0.495 e. The molecule has 0 bridgehead atoms. The number of aromatic nitrogens is 2. The first-order valence-electron chi connectivity index (χ1n) is 12.2. The van der Waals surface area contributed by atoms with Gasteiger partial charge in [-0.2, -0.15) is 0 Å². The number of carbonyl (C=O) groups is 1. The molecule has 0 saturated carbocycles. The van der Waals surface area contributed by atoms with E-state index in [9.17, 15) is 4.79 Å². The molecule has 0 aliphatic carbocycles. The number of benzene rings is 2. The Balaban J connectivity index is 1.62. The summed E-state index contributed by atoms with van der Waals surface area (Å²) in [7, 11) is 3.05. The van der Waals surface area contributed by atoms with Crippen molar-refractivity contribution in [3.05, 3.63) is 102 Å². The van der Waals surface area contributed by atoms with E-state index in [4.69, 9.17) is 21.7 Å². The monoisotopic (exact) mass is 527 g/mol. The Morgan fingerprint density at radius 2 is 1.84 bits per heavy atom. The van der Waals surface area contributed by atoms with Crippen LogP contribution in [0.2, 0.25) is 0 Å². The smallest absolute Gasteiger partial charge is 0.250 e. The molecular formula is C29H29N5O3S. The van der Waals surface area contributed by atoms with Gasteiger partial charge in [0.05, 0.1) is 24.5 Å². The summed E-state index contributed by atoms with van der Waals surface area (Å²) in [5.74, 6) is 0.262. The number of pyridine rings is 1. The number of nitrogens with zero attached hydrogens (tertiary/aromatic N) is 3. The molecule has 38 heavy (non-hydrogen) atoms. The maximum Gasteiger partial charge on any atom is 0.250 e. The molecule has 1 aliphatic heterocycles. The second-order valence-corrected chi connectivity index (χ2v) is 9.39. The third kappa shape index (κ3) is 4.98. The highest BCUT2D eigenvalue weighted by Gasteiger charge is 2.42. The Kier molecular flexibility index (Phi) is 7.39. The molecule has 8 nitrogen and oxygen atoms in total. The van der Waals surface area contributed by atoms with E-state index in [1.165, 1.54) is 12.7 Å². The fourth-order valence-corrected chi connectivity index (χ4v) is 5.12. The van der Waals surface area contributed by atoms with Crippen LogP contribution in [0.1, 0.15) is 29.0 Å². The Morgan fingerprint density at radius 1 is 1.05 bits per heavy atom. The van der Waals surface area contributed by atoms with Gasteiger partial charge in [-0.3, -0.25) is 9.78 Å². The van der Waals surface area contributed by atoms with Gasteiger partial charge < -0.3 is 29.6 Å². The van der Waals surface area contributed by atoms with Crippen molar-refractivity contribution in [3.63, 3.8) is 0 Å². The highest BCUT2D eigenvalue weighted by molar-refractivity contribution is 7.80. The second kappa shape index (κ2) is 11.0. The number of hydrogen-bond donors (Lipinski definition) is 2. The summed E-state index contributed by atoms with van der Waals surface area (Å²) in [5, 5.41) is 6.93. The quantitative estimate of drug-likeness (QED) is 0.314. The first-order valence-corrected chi connectivity index (χ1v) is 12.6. The topological polar surface area (TPSA) is 80.7 Å². The average molecular weight is 528 g/mol. The van der Waals surface area contributed by atoms with E-state index in [0.29, 0.717) is 16.5 Å². The van der Waals surface area contributed by atoms with Gasteiger partial charge in [-0.05, 0) is 73.7 Å². The normalized spacial score (nSPS) is 16.8. The molecule has 1 fully saturated rings. The molecule has 0 radical (unpaired) electrons. The molecule has 1 amide bonds. The van der Waals surface area contributed by atoms with Crippen molar-refractivity contribution in [1.29, 1.82) is 0 Å². The van der Waals surface area contributed by atoms with Crippen molar-refractivity contribution in [2.24, 2.45) is 0 Å². The van der Waals surface area contributed by atoms with Crippen molar-refractivity contribution in [2.75, 3.05) is 31.0 Å². The van der Waals surface area contributed by atoms with Gasteiger partial charge in [0.2, 0.25) is 5.91 Å². The summed E-state index contributed by atoms with van der Waals surface area (Å²) in [6, 6.07) is 23.6. The van der Waals surface area contributed by atoms with Crippen LogP contribution in [0.4, 0.5) is 11.4 Å². The van der Waals surface area contributed by atoms with E-state index in [1.54, 1.807) is 13.3 Å². The van der Waals surface area contributed by atoms with Crippen LogP contribution in [-0.4, -0.2) is 41.4 Å². The minimum atomic E-state index is -0.277. The number of ether oxygens (including phenoxy) is 2. The van der Waals surface area contributed by atoms with Crippen LogP contribution in [0.5, 0.6) is 5.75 Å². The number of hydrogen-bond acceptors (Lipinski definition) is 5. The van der Waals surface area contributed by atoms with Gasteiger partial charge in [0.1, 0.15) is 18.4 Å². The van der Waals surface area contributed by atoms with Crippen LogP contribution >= 0.6 is 12.2 Å². The van der Waals surface area contributed by atoms with Crippen molar-refractivity contribution in [1.82, 2.24) is 14.9 Å². The van der Waals surface area contributed by atoms with Gasteiger partial charge >= 0.3 is 0 Å². The number of aryl methyl sites for hydroxylation is 1. The van der Waals surface area contributed by atoms with Crippen LogP contribution in [0.15, 0.2) is 85.2 Å². The number of thiocarbonyl (C=S) groups is 1. The Hall–Kier alpha value is -4.21. The van der Waals surface area contributed by atoms with Gasteiger partial charge in [-0.1, -0.05) is 23.8 Å². The van der Waals surface area contributed by atoms with E-state index in [1.807, 2.05) is 42.5 Å². The fourth-order valence-electron chi connectivity index (χ4n) is 4.77. The molecule has 5 rings (SSSR count). The zero-order valence-electron chi connectivity index (χ0n) is 21.4. The zero-order valence-corrected chi connectivity index (χ0v) is 22.2. The predicted octanol–water partition coefficient (Wildman–Crippen LogP) is 4.95. The first-order chi connectivity index (χ1) is 18.5. The van der Waals surface area contributed by atoms with E-state index in [0.717, 1.165) is 22.8 Å². The van der Waals surface area contributed by atoms with E-state index < -0.39 is 0 Å². The molecule has 194 valence electrons. The van der Waals surface area contributed by atoms with Gasteiger partial charge in [0.25, 0.3) is 0 Å². The molecule has 2 N–H and O–H groups in total. The summed E-state index contributed by atoms with van der Waals surface area (Å²) >= 11 is 5.90. The molecular weight excluding hydrogens is 498 g/mol. The Bertz CT molecular complexity index is 1440. The maximum atomic E-state index is 12.3. The Morgan fingerprint density at radius 3 is 2.55 bits per heavy atom. The molecule has 3 heterocycles. The maximum absolute atomic E-state index is 12.3. The molecule has 1 saturated heterocycles. The van der Waals surface area contributed by atoms with Crippen molar-refractivity contribution < 1.29 is 14.3 Å². The number of methoxy groups -OCH3 is 2. The summed E-state index contributed by atoms with van der Waals surface area (Å²) in [5.41, 5.74) is 5.49. The summed E-state index contributed by atoms with van der Waals surface area (Å²) in [6.07, 6.45) is 3.84. The van der Waals surface area contributed by atoms with Crippen molar-refractivity contribution >= 4 is 34.6 Å². The highest BCUT2D eigenvalue weighted by atomic mass is 32.1. The first kappa shape index (κ1) is 25.4. The van der Waals surface area contributed by atoms with Crippen LogP contribution < -0.4 is 20.3 Å².